The van der Waals surface area contributed by atoms with Gasteiger partial charge in [-0.05, 0) is 50.5 Å². The Bertz CT molecular complexity index is 1260. The minimum atomic E-state index is -0.410. The lowest BCUT2D eigenvalue weighted by Crippen LogP contribution is -2.21. The SMILES string of the molecule is CCN(CC)CC.CCOC(=O)c1conc1-c1ccc(CC)cc1.CCc1ccc(/C(Cl)=N\O)cc1.CO/C=C/C(=O)OC. The lowest BCUT2D eigenvalue weighted by molar-refractivity contribution is -0.134. The second-order valence-corrected chi connectivity index (χ2v) is 9.33. The van der Waals surface area contributed by atoms with Crippen molar-refractivity contribution in [2.24, 2.45) is 5.16 Å². The van der Waals surface area contributed by atoms with E-state index in [9.17, 15) is 9.59 Å². The molecule has 2 aromatic carbocycles. The van der Waals surface area contributed by atoms with Gasteiger partial charge in [-0.3, -0.25) is 0 Å². The number of nitrogens with zero attached hydrogens (tertiary/aromatic N) is 3. The van der Waals surface area contributed by atoms with Crippen LogP contribution in [0.5, 0.6) is 0 Å². The zero-order valence-electron chi connectivity index (χ0n) is 27.7. The molecule has 0 spiro atoms. The minimum absolute atomic E-state index is 0.123. The number of carbonyl (C=O) groups excluding carboxylic acids is 2. The lowest BCUT2D eigenvalue weighted by Gasteiger charge is -2.13. The van der Waals surface area contributed by atoms with E-state index < -0.39 is 11.9 Å². The highest BCUT2D eigenvalue weighted by Gasteiger charge is 2.18. The van der Waals surface area contributed by atoms with Crippen molar-refractivity contribution in [1.29, 1.82) is 0 Å². The van der Waals surface area contributed by atoms with Crippen LogP contribution in [0.15, 0.2) is 76.8 Å². The van der Waals surface area contributed by atoms with E-state index in [1.165, 1.54) is 63.6 Å². The van der Waals surface area contributed by atoms with Crippen LogP contribution in [-0.2, 0) is 31.8 Å². The predicted octanol–water partition coefficient (Wildman–Crippen LogP) is 7.37. The van der Waals surface area contributed by atoms with Crippen molar-refractivity contribution in [3.63, 3.8) is 0 Å². The molecule has 45 heavy (non-hydrogen) atoms. The molecular weight excluding hydrogens is 598 g/mol. The van der Waals surface area contributed by atoms with Gasteiger partial charge < -0.3 is 28.8 Å². The Morgan fingerprint density at radius 1 is 0.911 bits per heavy atom. The Kier molecular flexibility index (Phi) is 22.9. The largest absolute Gasteiger partial charge is 0.504 e. The Morgan fingerprint density at radius 2 is 1.44 bits per heavy atom. The second kappa shape index (κ2) is 25.2. The number of halogens is 1. The minimum Gasteiger partial charge on any atom is -0.504 e. The molecule has 1 aromatic heterocycles. The van der Waals surface area contributed by atoms with E-state index in [1.54, 1.807) is 6.92 Å². The molecule has 1 N–H and O–H groups in total. The molecule has 248 valence electrons. The molecule has 11 heteroatoms. The third-order valence-corrected chi connectivity index (χ3v) is 6.57. The summed E-state index contributed by atoms with van der Waals surface area (Å²) < 4.78 is 18.5. The molecule has 0 saturated carbocycles. The highest BCUT2D eigenvalue weighted by atomic mass is 35.5. The monoisotopic (exact) mass is 645 g/mol. The summed E-state index contributed by atoms with van der Waals surface area (Å²) in [6.45, 7) is 16.4. The number of aromatic nitrogens is 1. The van der Waals surface area contributed by atoms with Crippen LogP contribution in [0.3, 0.4) is 0 Å². The number of hydrogen-bond donors (Lipinski definition) is 1. The molecule has 1 heterocycles. The number of carbonyl (C=O) groups is 2. The molecule has 0 aliphatic rings. The highest BCUT2D eigenvalue weighted by Crippen LogP contribution is 2.23. The van der Waals surface area contributed by atoms with Crippen molar-refractivity contribution >= 4 is 28.7 Å². The molecule has 0 amide bonds. The first kappa shape index (κ1) is 40.9. The van der Waals surface area contributed by atoms with Crippen molar-refractivity contribution in [2.75, 3.05) is 40.5 Å². The maximum atomic E-state index is 11.7. The summed E-state index contributed by atoms with van der Waals surface area (Å²) in [5.74, 6) is -0.819. The number of methoxy groups -OCH3 is 2. The van der Waals surface area contributed by atoms with E-state index in [2.05, 4.69) is 59.3 Å². The van der Waals surface area contributed by atoms with Crippen LogP contribution in [0.1, 0.15) is 68.6 Å². The van der Waals surface area contributed by atoms with Crippen molar-refractivity contribution in [1.82, 2.24) is 10.1 Å². The van der Waals surface area contributed by atoms with Gasteiger partial charge in [-0.15, -0.1) is 0 Å². The number of rotatable bonds is 11. The number of ether oxygens (including phenoxy) is 3. The Labute approximate surface area is 272 Å². The van der Waals surface area contributed by atoms with Crippen molar-refractivity contribution < 1.29 is 33.5 Å². The van der Waals surface area contributed by atoms with Crippen LogP contribution in [-0.4, -0.2) is 72.8 Å². The smallest absolute Gasteiger partial charge is 0.343 e. The fraction of sp³-hybridized carbons (Fsp3) is 0.412. The van der Waals surface area contributed by atoms with Crippen LogP contribution in [0.25, 0.3) is 11.3 Å². The van der Waals surface area contributed by atoms with Gasteiger partial charge in [0.25, 0.3) is 0 Å². The topological polar surface area (TPSA) is 124 Å². The summed E-state index contributed by atoms with van der Waals surface area (Å²) in [6.07, 6.45) is 5.74. The number of esters is 2. The molecule has 3 rings (SSSR count). The van der Waals surface area contributed by atoms with Gasteiger partial charge in [0.15, 0.2) is 5.17 Å². The lowest BCUT2D eigenvalue weighted by atomic mass is 10.1. The predicted molar refractivity (Wildman–Crippen MR) is 179 cm³/mol. The molecule has 0 saturated heterocycles. The molecule has 0 bridgehead atoms. The van der Waals surface area contributed by atoms with Crippen LogP contribution in [0, 0.1) is 0 Å². The maximum Gasteiger partial charge on any atom is 0.343 e. The van der Waals surface area contributed by atoms with Gasteiger partial charge in [0.2, 0.25) is 0 Å². The Hall–Kier alpha value is -4.15. The van der Waals surface area contributed by atoms with Gasteiger partial charge in [0.05, 0.1) is 33.2 Å². The van der Waals surface area contributed by atoms with E-state index in [4.69, 9.17) is 26.1 Å². The fourth-order valence-electron chi connectivity index (χ4n) is 3.50. The molecular formula is C34H48ClN3O7. The third kappa shape index (κ3) is 16.5. The van der Waals surface area contributed by atoms with Crippen molar-refractivity contribution in [2.45, 2.75) is 54.4 Å². The Morgan fingerprint density at radius 3 is 1.84 bits per heavy atom. The summed E-state index contributed by atoms with van der Waals surface area (Å²) in [7, 11) is 2.77. The van der Waals surface area contributed by atoms with Gasteiger partial charge in [-0.2, -0.15) is 0 Å². The standard InChI is InChI=1S/C14H15NO3.C9H10ClNO.C6H15N.C5H8O3/c1-3-10-5-7-11(8-6-10)13-12(9-18-15-13)14(16)17-4-2;1-2-7-3-5-8(6-4-7)9(10)11-12;1-4-7(5-2)6-3;1-7-4-3-5(6)8-2/h5-9H,3-4H2,1-2H3;3-6,12H,2H2,1H3;4-6H2,1-3H3;3-4H,1-2H3/b;11-9+;;4-3+. The number of benzene rings is 2. The first-order valence-electron chi connectivity index (χ1n) is 14.9. The first-order valence-corrected chi connectivity index (χ1v) is 15.2. The average Bonchev–Trinajstić information content (AvgIpc) is 3.59. The molecule has 0 aliphatic carbocycles. The van der Waals surface area contributed by atoms with Crippen LogP contribution < -0.4 is 0 Å². The zero-order chi connectivity index (χ0) is 34.0. The van der Waals surface area contributed by atoms with E-state index in [1.807, 2.05) is 48.5 Å². The summed E-state index contributed by atoms with van der Waals surface area (Å²) in [4.78, 5) is 24.3. The van der Waals surface area contributed by atoms with Crippen molar-refractivity contribution in [3.05, 3.63) is 89.4 Å². The van der Waals surface area contributed by atoms with Gasteiger partial charge >= 0.3 is 11.9 Å². The summed E-state index contributed by atoms with van der Waals surface area (Å²) in [6, 6.07) is 15.5. The Balaban J connectivity index is 0.000000622. The van der Waals surface area contributed by atoms with Gasteiger partial charge in [-0.25, -0.2) is 9.59 Å². The number of aryl methyl sites for hydroxylation is 2. The van der Waals surface area contributed by atoms with Crippen LogP contribution in [0.4, 0.5) is 0 Å². The van der Waals surface area contributed by atoms with E-state index >= 15 is 0 Å². The molecule has 0 radical (unpaired) electrons. The fourth-order valence-corrected chi connectivity index (χ4v) is 3.62. The zero-order valence-corrected chi connectivity index (χ0v) is 28.5. The number of hydrogen-bond acceptors (Lipinski definition) is 10. The van der Waals surface area contributed by atoms with E-state index in [-0.39, 0.29) is 5.17 Å². The summed E-state index contributed by atoms with van der Waals surface area (Å²) in [5.41, 5.74) is 4.94. The third-order valence-electron chi connectivity index (χ3n) is 6.27. The number of oxime groups is 1. The van der Waals surface area contributed by atoms with E-state index in [0.717, 1.165) is 24.0 Å². The second-order valence-electron chi connectivity index (χ2n) is 8.97. The molecule has 0 unspecified atom stereocenters. The molecule has 10 nitrogen and oxygen atoms in total. The summed E-state index contributed by atoms with van der Waals surface area (Å²) >= 11 is 5.59. The highest BCUT2D eigenvalue weighted by molar-refractivity contribution is 6.69. The molecule has 0 aliphatic heterocycles. The molecule has 0 fully saturated rings. The van der Waals surface area contributed by atoms with Gasteiger partial charge in [0.1, 0.15) is 17.5 Å². The van der Waals surface area contributed by atoms with Crippen LogP contribution >= 0.6 is 11.6 Å². The van der Waals surface area contributed by atoms with Gasteiger partial charge in [-0.1, -0.05) is 105 Å². The quantitative estimate of drug-likeness (QED) is 0.0568. The molecule has 0 atom stereocenters. The maximum absolute atomic E-state index is 11.7. The van der Waals surface area contributed by atoms with Gasteiger partial charge in [0, 0.05) is 11.1 Å². The normalized spacial score (nSPS) is 10.5. The molecule has 3 aromatic rings. The first-order chi connectivity index (χ1) is 21.7. The average molecular weight is 646 g/mol. The van der Waals surface area contributed by atoms with E-state index in [0.29, 0.717) is 17.9 Å². The van der Waals surface area contributed by atoms with Crippen LogP contribution in [0.2, 0.25) is 0 Å². The summed E-state index contributed by atoms with van der Waals surface area (Å²) in [5, 5.41) is 15.3. The van der Waals surface area contributed by atoms with Crippen molar-refractivity contribution in [3.8, 4) is 11.3 Å².